The molecule has 1 fully saturated rings. The van der Waals surface area contributed by atoms with Crippen LogP contribution in [0.3, 0.4) is 0 Å². The molecule has 0 amide bonds. The zero-order valence-corrected chi connectivity index (χ0v) is 11.2. The summed E-state index contributed by atoms with van der Waals surface area (Å²) in [4.78, 5) is 31.7. The fourth-order valence-electron chi connectivity index (χ4n) is 2.29. The summed E-state index contributed by atoms with van der Waals surface area (Å²) in [6, 6.07) is 1.44. The lowest BCUT2D eigenvalue weighted by atomic mass is 9.98. The number of carbonyl (C=O) groups is 1. The van der Waals surface area contributed by atoms with Crippen molar-refractivity contribution in [2.24, 2.45) is 5.92 Å². The van der Waals surface area contributed by atoms with Crippen molar-refractivity contribution in [2.45, 2.75) is 32.6 Å². The molecule has 1 unspecified atom stereocenters. The van der Waals surface area contributed by atoms with Gasteiger partial charge in [-0.25, -0.2) is 4.98 Å². The smallest absolute Gasteiger partial charge is 0.308 e. The quantitative estimate of drug-likeness (QED) is 0.857. The zero-order valence-electron chi connectivity index (χ0n) is 11.2. The molecule has 1 saturated heterocycles. The largest absolute Gasteiger partial charge is 0.481 e. The van der Waals surface area contributed by atoms with Crippen molar-refractivity contribution in [2.75, 3.05) is 18.0 Å². The van der Waals surface area contributed by atoms with E-state index in [1.54, 1.807) is 0 Å². The molecule has 1 aromatic heterocycles. The molecule has 0 spiro atoms. The molecular formula is C13H19N3O3. The highest BCUT2D eigenvalue weighted by atomic mass is 16.4. The molecule has 0 saturated carbocycles. The maximum Gasteiger partial charge on any atom is 0.308 e. The third-order valence-electron chi connectivity index (χ3n) is 3.39. The number of aromatic nitrogens is 2. The number of carboxylic acids is 1. The Morgan fingerprint density at radius 2 is 2.32 bits per heavy atom. The highest BCUT2D eigenvalue weighted by molar-refractivity contribution is 5.71. The van der Waals surface area contributed by atoms with Crippen molar-refractivity contribution in [3.63, 3.8) is 0 Å². The van der Waals surface area contributed by atoms with Gasteiger partial charge in [0.15, 0.2) is 0 Å². The summed E-state index contributed by atoms with van der Waals surface area (Å²) in [5, 5.41) is 9.09. The summed E-state index contributed by atoms with van der Waals surface area (Å²) in [7, 11) is 0. The SMILES string of the molecule is CC(C)c1nc(N2CCCC(C(=O)O)C2)cc(=O)[nH]1. The summed E-state index contributed by atoms with van der Waals surface area (Å²) in [5.74, 6) is 0.196. The summed E-state index contributed by atoms with van der Waals surface area (Å²) >= 11 is 0. The molecule has 0 aromatic carbocycles. The third-order valence-corrected chi connectivity index (χ3v) is 3.39. The number of hydrogen-bond acceptors (Lipinski definition) is 4. The predicted molar refractivity (Wildman–Crippen MR) is 71.5 cm³/mol. The van der Waals surface area contributed by atoms with Gasteiger partial charge in [0.25, 0.3) is 5.56 Å². The number of hydrogen-bond donors (Lipinski definition) is 2. The maximum atomic E-state index is 11.6. The van der Waals surface area contributed by atoms with E-state index in [1.807, 2.05) is 18.7 Å². The Morgan fingerprint density at radius 3 is 2.95 bits per heavy atom. The van der Waals surface area contributed by atoms with Crippen LogP contribution in [0, 0.1) is 5.92 Å². The van der Waals surface area contributed by atoms with Gasteiger partial charge in [0.2, 0.25) is 0 Å². The molecule has 2 rings (SSSR count). The maximum absolute atomic E-state index is 11.6. The Labute approximate surface area is 111 Å². The first-order valence-electron chi connectivity index (χ1n) is 6.56. The molecule has 1 atom stereocenters. The summed E-state index contributed by atoms with van der Waals surface area (Å²) in [6.45, 7) is 5.08. The van der Waals surface area contributed by atoms with Crippen LogP contribution in [0.4, 0.5) is 5.82 Å². The molecular weight excluding hydrogens is 246 g/mol. The highest BCUT2D eigenvalue weighted by Gasteiger charge is 2.26. The second-order valence-electron chi connectivity index (χ2n) is 5.27. The molecule has 0 radical (unpaired) electrons. The van der Waals surface area contributed by atoms with Crippen LogP contribution in [-0.2, 0) is 4.79 Å². The van der Waals surface area contributed by atoms with Crippen LogP contribution in [0.5, 0.6) is 0 Å². The molecule has 0 bridgehead atoms. The lowest BCUT2D eigenvalue weighted by Gasteiger charge is -2.31. The zero-order chi connectivity index (χ0) is 14.0. The molecule has 1 aliphatic heterocycles. The number of aliphatic carboxylic acids is 1. The number of nitrogens with one attached hydrogen (secondary N) is 1. The van der Waals surface area contributed by atoms with E-state index in [0.29, 0.717) is 24.6 Å². The van der Waals surface area contributed by atoms with Gasteiger partial charge in [-0.2, -0.15) is 0 Å². The van der Waals surface area contributed by atoms with Crippen molar-refractivity contribution >= 4 is 11.8 Å². The van der Waals surface area contributed by atoms with E-state index in [-0.39, 0.29) is 17.4 Å². The molecule has 19 heavy (non-hydrogen) atoms. The van der Waals surface area contributed by atoms with Crippen LogP contribution in [0.15, 0.2) is 10.9 Å². The van der Waals surface area contributed by atoms with Crippen LogP contribution in [0.1, 0.15) is 38.4 Å². The number of piperidine rings is 1. The van der Waals surface area contributed by atoms with Gasteiger partial charge in [0.05, 0.1) is 5.92 Å². The van der Waals surface area contributed by atoms with Gasteiger partial charge in [0.1, 0.15) is 11.6 Å². The molecule has 6 heteroatoms. The van der Waals surface area contributed by atoms with Crippen LogP contribution in [0.2, 0.25) is 0 Å². The van der Waals surface area contributed by atoms with Crippen LogP contribution >= 0.6 is 0 Å². The second-order valence-corrected chi connectivity index (χ2v) is 5.27. The van der Waals surface area contributed by atoms with E-state index >= 15 is 0 Å². The van der Waals surface area contributed by atoms with Crippen LogP contribution in [0.25, 0.3) is 0 Å². The molecule has 0 aliphatic carbocycles. The van der Waals surface area contributed by atoms with Gasteiger partial charge < -0.3 is 15.0 Å². The predicted octanol–water partition coefficient (Wildman–Crippen LogP) is 1.19. The lowest BCUT2D eigenvalue weighted by molar-refractivity contribution is -0.141. The fraction of sp³-hybridized carbons (Fsp3) is 0.615. The Bertz CT molecular complexity index is 524. The Balaban J connectivity index is 2.26. The minimum absolute atomic E-state index is 0.132. The van der Waals surface area contributed by atoms with Crippen LogP contribution < -0.4 is 10.5 Å². The lowest BCUT2D eigenvalue weighted by Crippen LogP contribution is -2.39. The van der Waals surface area contributed by atoms with Gasteiger partial charge >= 0.3 is 5.97 Å². The molecule has 2 N–H and O–H groups in total. The monoisotopic (exact) mass is 265 g/mol. The second kappa shape index (κ2) is 5.42. The molecule has 1 aromatic rings. The van der Waals surface area contributed by atoms with Gasteiger partial charge in [0, 0.05) is 25.1 Å². The highest BCUT2D eigenvalue weighted by Crippen LogP contribution is 2.21. The molecule has 1 aliphatic rings. The van der Waals surface area contributed by atoms with E-state index in [0.717, 1.165) is 13.0 Å². The molecule has 6 nitrogen and oxygen atoms in total. The number of aromatic amines is 1. The number of nitrogens with zero attached hydrogens (tertiary/aromatic N) is 2. The summed E-state index contributed by atoms with van der Waals surface area (Å²) < 4.78 is 0. The van der Waals surface area contributed by atoms with Gasteiger partial charge in [-0.05, 0) is 12.8 Å². The first-order valence-corrected chi connectivity index (χ1v) is 6.56. The van der Waals surface area contributed by atoms with Crippen molar-refractivity contribution in [3.8, 4) is 0 Å². The number of anilines is 1. The Morgan fingerprint density at radius 1 is 1.58 bits per heavy atom. The number of rotatable bonds is 3. The van der Waals surface area contributed by atoms with Gasteiger partial charge in [-0.1, -0.05) is 13.8 Å². The standard InChI is InChI=1S/C13H19N3O3/c1-8(2)12-14-10(6-11(17)15-12)16-5-3-4-9(7-16)13(18)19/h6,8-9H,3-5,7H2,1-2H3,(H,18,19)(H,14,15,17). The van der Waals surface area contributed by atoms with E-state index in [9.17, 15) is 9.59 Å². The fourth-order valence-corrected chi connectivity index (χ4v) is 2.29. The first kappa shape index (κ1) is 13.6. The van der Waals surface area contributed by atoms with Gasteiger partial charge in [-0.15, -0.1) is 0 Å². The summed E-state index contributed by atoms with van der Waals surface area (Å²) in [6.07, 6.45) is 1.49. The Kier molecular flexibility index (Phi) is 3.87. The normalized spacial score (nSPS) is 19.7. The third kappa shape index (κ3) is 3.13. The van der Waals surface area contributed by atoms with Crippen molar-refractivity contribution in [3.05, 3.63) is 22.2 Å². The number of carboxylic acid groups (broad SMARTS) is 1. The van der Waals surface area contributed by atoms with Crippen molar-refractivity contribution < 1.29 is 9.90 Å². The minimum atomic E-state index is -0.779. The van der Waals surface area contributed by atoms with Crippen molar-refractivity contribution in [1.29, 1.82) is 0 Å². The Hall–Kier alpha value is -1.85. The summed E-state index contributed by atoms with van der Waals surface area (Å²) in [5.41, 5.74) is -0.189. The topological polar surface area (TPSA) is 86.3 Å². The van der Waals surface area contributed by atoms with Gasteiger partial charge in [-0.3, -0.25) is 9.59 Å². The van der Waals surface area contributed by atoms with Crippen molar-refractivity contribution in [1.82, 2.24) is 9.97 Å². The van der Waals surface area contributed by atoms with E-state index in [4.69, 9.17) is 5.11 Å². The minimum Gasteiger partial charge on any atom is -0.481 e. The van der Waals surface area contributed by atoms with E-state index < -0.39 is 5.97 Å². The molecule has 2 heterocycles. The van der Waals surface area contributed by atoms with E-state index in [2.05, 4.69) is 9.97 Å². The molecule has 104 valence electrons. The average Bonchev–Trinajstić information content (AvgIpc) is 2.38. The van der Waals surface area contributed by atoms with Crippen LogP contribution in [-0.4, -0.2) is 34.1 Å². The average molecular weight is 265 g/mol. The first-order chi connectivity index (χ1) is 8.97. The number of H-pyrrole nitrogens is 1. The van der Waals surface area contributed by atoms with E-state index in [1.165, 1.54) is 6.07 Å².